The number of ketones is 1. The first-order valence-corrected chi connectivity index (χ1v) is 5.38. The zero-order valence-electron chi connectivity index (χ0n) is 9.79. The highest BCUT2D eigenvalue weighted by Crippen LogP contribution is 2.26. The van der Waals surface area contributed by atoms with Gasteiger partial charge in [0.05, 0.1) is 0 Å². The van der Waals surface area contributed by atoms with Gasteiger partial charge in [0.25, 0.3) is 0 Å². The fourth-order valence-electron chi connectivity index (χ4n) is 1.57. The number of carbonyl (C=O) groups is 1. The molecule has 1 aromatic rings. The van der Waals surface area contributed by atoms with Gasteiger partial charge in [-0.1, -0.05) is 18.2 Å². The van der Waals surface area contributed by atoms with E-state index in [4.69, 9.17) is 0 Å². The van der Waals surface area contributed by atoms with Crippen LogP contribution in [0.3, 0.4) is 0 Å². The fourth-order valence-corrected chi connectivity index (χ4v) is 1.57. The van der Waals surface area contributed by atoms with Crippen LogP contribution in [0.1, 0.15) is 32.3 Å². The van der Waals surface area contributed by atoms with Crippen LogP contribution >= 0.6 is 0 Å². The second kappa shape index (κ2) is 5.06. The molecular formula is C14H17FO. The van der Waals surface area contributed by atoms with Crippen LogP contribution in [0.4, 0.5) is 4.39 Å². The molecule has 0 heterocycles. The van der Waals surface area contributed by atoms with E-state index in [0.29, 0.717) is 12.8 Å². The number of halogens is 1. The molecule has 0 aliphatic rings. The van der Waals surface area contributed by atoms with E-state index in [2.05, 4.69) is 6.58 Å². The molecule has 1 nitrogen and oxygen atoms in total. The molecule has 0 aromatic heterocycles. The quantitative estimate of drug-likeness (QED) is 0.692. The van der Waals surface area contributed by atoms with Gasteiger partial charge < -0.3 is 0 Å². The molecule has 0 aliphatic carbocycles. The van der Waals surface area contributed by atoms with Gasteiger partial charge in [-0.25, -0.2) is 4.39 Å². The molecule has 0 saturated carbocycles. The Morgan fingerprint density at radius 1 is 1.38 bits per heavy atom. The van der Waals surface area contributed by atoms with Crippen molar-refractivity contribution in [2.45, 2.75) is 32.1 Å². The summed E-state index contributed by atoms with van der Waals surface area (Å²) in [6.07, 6.45) is 2.90. The van der Waals surface area contributed by atoms with E-state index in [1.165, 1.54) is 12.1 Å². The Labute approximate surface area is 96.0 Å². The van der Waals surface area contributed by atoms with Crippen LogP contribution in [-0.2, 0) is 10.2 Å². The fraction of sp³-hybridized carbons (Fsp3) is 0.357. The molecule has 0 fully saturated rings. The molecule has 0 aliphatic heterocycles. The Kier molecular flexibility index (Phi) is 3.99. The van der Waals surface area contributed by atoms with Crippen molar-refractivity contribution in [2.75, 3.05) is 0 Å². The lowest BCUT2D eigenvalue weighted by Crippen LogP contribution is -2.28. The molecule has 0 spiro atoms. The Morgan fingerprint density at radius 3 is 2.44 bits per heavy atom. The Balaban J connectivity index is 2.87. The zero-order valence-corrected chi connectivity index (χ0v) is 9.79. The molecule has 0 atom stereocenters. The van der Waals surface area contributed by atoms with Gasteiger partial charge in [-0.05, 0) is 38.0 Å². The van der Waals surface area contributed by atoms with Gasteiger partial charge >= 0.3 is 0 Å². The van der Waals surface area contributed by atoms with Crippen LogP contribution in [0, 0.1) is 5.82 Å². The van der Waals surface area contributed by atoms with Gasteiger partial charge in [-0.2, -0.15) is 0 Å². The van der Waals surface area contributed by atoms with Gasteiger partial charge in [0.15, 0.2) is 0 Å². The molecule has 16 heavy (non-hydrogen) atoms. The summed E-state index contributed by atoms with van der Waals surface area (Å²) in [6.45, 7) is 7.33. The summed E-state index contributed by atoms with van der Waals surface area (Å²) in [5.41, 5.74) is 0.291. The van der Waals surface area contributed by atoms with Crippen LogP contribution in [-0.4, -0.2) is 5.78 Å². The molecule has 86 valence electrons. The summed E-state index contributed by atoms with van der Waals surface area (Å²) in [6, 6.07) is 6.11. The highest BCUT2D eigenvalue weighted by atomic mass is 19.1. The molecule has 1 aromatic carbocycles. The van der Waals surface area contributed by atoms with Crippen molar-refractivity contribution in [1.82, 2.24) is 0 Å². The van der Waals surface area contributed by atoms with Crippen molar-refractivity contribution in [2.24, 2.45) is 0 Å². The molecule has 1 rings (SSSR count). The van der Waals surface area contributed by atoms with E-state index in [1.807, 2.05) is 13.8 Å². The van der Waals surface area contributed by atoms with Crippen LogP contribution in [0.25, 0.3) is 0 Å². The van der Waals surface area contributed by atoms with E-state index in [-0.39, 0.29) is 11.6 Å². The Morgan fingerprint density at radius 2 is 1.94 bits per heavy atom. The average molecular weight is 220 g/mol. The molecular weight excluding hydrogens is 203 g/mol. The van der Waals surface area contributed by atoms with Crippen molar-refractivity contribution in [3.05, 3.63) is 48.3 Å². The molecule has 0 unspecified atom stereocenters. The maximum atomic E-state index is 12.8. The van der Waals surface area contributed by atoms with Gasteiger partial charge in [0.2, 0.25) is 0 Å². The summed E-state index contributed by atoms with van der Waals surface area (Å²) < 4.78 is 12.8. The van der Waals surface area contributed by atoms with Crippen molar-refractivity contribution in [3.8, 4) is 0 Å². The third kappa shape index (κ3) is 2.78. The number of hydrogen-bond acceptors (Lipinski definition) is 1. The number of allylic oxidation sites excluding steroid dienone is 1. The van der Waals surface area contributed by atoms with E-state index < -0.39 is 5.41 Å². The van der Waals surface area contributed by atoms with Crippen LogP contribution in [0.5, 0.6) is 0 Å². The maximum Gasteiger partial charge on any atom is 0.143 e. The van der Waals surface area contributed by atoms with E-state index in [1.54, 1.807) is 18.2 Å². The predicted molar refractivity (Wildman–Crippen MR) is 63.9 cm³/mol. The Hall–Kier alpha value is -1.44. The number of benzene rings is 1. The second-order valence-electron chi connectivity index (χ2n) is 4.38. The predicted octanol–water partition coefficient (Wildman–Crippen LogP) is 3.64. The van der Waals surface area contributed by atoms with E-state index in [9.17, 15) is 9.18 Å². The normalized spacial score (nSPS) is 11.2. The molecule has 0 saturated heterocycles. The smallest absolute Gasteiger partial charge is 0.143 e. The first-order valence-electron chi connectivity index (χ1n) is 5.38. The molecule has 0 bridgehead atoms. The summed E-state index contributed by atoms with van der Waals surface area (Å²) in [7, 11) is 0. The summed E-state index contributed by atoms with van der Waals surface area (Å²) >= 11 is 0. The van der Waals surface area contributed by atoms with Gasteiger partial charge in [-0.3, -0.25) is 4.79 Å². The SMILES string of the molecule is C=CCCC(=O)C(C)(C)c1ccc(F)cc1. The number of Topliss-reactive ketones (excluding diaryl/α,β-unsaturated/α-hetero) is 1. The summed E-state index contributed by atoms with van der Waals surface area (Å²) in [5, 5.41) is 0. The third-order valence-electron chi connectivity index (χ3n) is 2.84. The van der Waals surface area contributed by atoms with Gasteiger partial charge in [0.1, 0.15) is 11.6 Å². The Bertz CT molecular complexity index is 376. The van der Waals surface area contributed by atoms with Gasteiger partial charge in [-0.15, -0.1) is 6.58 Å². The minimum Gasteiger partial charge on any atom is -0.299 e. The second-order valence-corrected chi connectivity index (χ2v) is 4.38. The van der Waals surface area contributed by atoms with Gasteiger partial charge in [0, 0.05) is 11.8 Å². The van der Waals surface area contributed by atoms with Crippen molar-refractivity contribution in [3.63, 3.8) is 0 Å². The minimum absolute atomic E-state index is 0.152. The molecule has 0 N–H and O–H groups in total. The topological polar surface area (TPSA) is 17.1 Å². The minimum atomic E-state index is -0.559. The monoisotopic (exact) mass is 220 g/mol. The molecule has 0 radical (unpaired) electrons. The largest absolute Gasteiger partial charge is 0.299 e. The number of hydrogen-bond donors (Lipinski definition) is 0. The number of carbonyl (C=O) groups excluding carboxylic acids is 1. The maximum absolute atomic E-state index is 12.8. The first kappa shape index (κ1) is 12.6. The highest BCUT2D eigenvalue weighted by Gasteiger charge is 2.28. The lowest BCUT2D eigenvalue weighted by Gasteiger charge is -2.23. The highest BCUT2D eigenvalue weighted by molar-refractivity contribution is 5.89. The van der Waals surface area contributed by atoms with E-state index >= 15 is 0 Å². The van der Waals surface area contributed by atoms with Crippen LogP contribution in [0.2, 0.25) is 0 Å². The summed E-state index contributed by atoms with van der Waals surface area (Å²) in [5.74, 6) is -0.128. The molecule has 0 amide bonds. The molecule has 2 heteroatoms. The standard InChI is InChI=1S/C14H17FO/c1-4-5-6-13(16)14(2,3)11-7-9-12(15)10-8-11/h4,7-10H,1,5-6H2,2-3H3. The summed E-state index contributed by atoms with van der Waals surface area (Å²) in [4.78, 5) is 12.0. The van der Waals surface area contributed by atoms with Crippen molar-refractivity contribution in [1.29, 1.82) is 0 Å². The third-order valence-corrected chi connectivity index (χ3v) is 2.84. The zero-order chi connectivity index (χ0) is 12.2. The number of rotatable bonds is 5. The van der Waals surface area contributed by atoms with Crippen molar-refractivity contribution < 1.29 is 9.18 Å². The van der Waals surface area contributed by atoms with Crippen molar-refractivity contribution >= 4 is 5.78 Å². The lowest BCUT2D eigenvalue weighted by molar-refractivity contribution is -0.123. The average Bonchev–Trinajstić information content (AvgIpc) is 2.26. The van der Waals surface area contributed by atoms with Crippen LogP contribution in [0.15, 0.2) is 36.9 Å². The van der Waals surface area contributed by atoms with E-state index in [0.717, 1.165) is 5.56 Å². The first-order chi connectivity index (χ1) is 7.48. The lowest BCUT2D eigenvalue weighted by atomic mass is 9.79. The van der Waals surface area contributed by atoms with Crippen LogP contribution < -0.4 is 0 Å².